The van der Waals surface area contributed by atoms with Crippen LogP contribution < -0.4 is 14.3 Å². The van der Waals surface area contributed by atoms with Crippen molar-refractivity contribution in [3.63, 3.8) is 0 Å². The molecule has 0 bridgehead atoms. The van der Waals surface area contributed by atoms with E-state index in [0.717, 1.165) is 22.0 Å². The lowest BCUT2D eigenvalue weighted by Gasteiger charge is -2.08. The molecule has 0 amide bonds. The molecule has 8 nitrogen and oxygen atoms in total. The molecule has 32 heavy (non-hydrogen) atoms. The molecule has 1 aliphatic rings. The van der Waals surface area contributed by atoms with Gasteiger partial charge in [0, 0.05) is 17.5 Å². The summed E-state index contributed by atoms with van der Waals surface area (Å²) < 4.78 is 12.4. The summed E-state index contributed by atoms with van der Waals surface area (Å²) in [5, 5.41) is 20.4. The zero-order valence-electron chi connectivity index (χ0n) is 17.1. The monoisotopic (exact) mass is 446 g/mol. The Bertz CT molecular complexity index is 1430. The maximum Gasteiger partial charge on any atom is 0.282 e. The van der Waals surface area contributed by atoms with Crippen molar-refractivity contribution in [1.29, 1.82) is 0 Å². The van der Waals surface area contributed by atoms with Crippen LogP contribution in [0.1, 0.15) is 12.5 Å². The number of rotatable bonds is 5. The average Bonchev–Trinajstić information content (AvgIpc) is 3.43. The number of thiazole rings is 1. The van der Waals surface area contributed by atoms with E-state index >= 15 is 0 Å². The maximum atomic E-state index is 11.6. The normalized spacial score (nSPS) is 13.3. The van der Waals surface area contributed by atoms with Crippen LogP contribution in [0.2, 0.25) is 0 Å². The summed E-state index contributed by atoms with van der Waals surface area (Å²) in [7, 11) is 0. The highest BCUT2D eigenvalue weighted by atomic mass is 32.1. The molecule has 4 aromatic rings. The van der Waals surface area contributed by atoms with Crippen LogP contribution in [0.5, 0.6) is 11.5 Å². The molecule has 1 aliphatic heterocycles. The number of fused-ring (bicyclic) bond motifs is 2. The fraction of sp³-hybridized carbons (Fsp3) is 0.130. The van der Waals surface area contributed by atoms with Crippen LogP contribution in [0, 0.1) is 10.1 Å². The van der Waals surface area contributed by atoms with E-state index in [-0.39, 0.29) is 12.5 Å². The number of ether oxygens (including phenoxy) is 2. The van der Waals surface area contributed by atoms with Crippen molar-refractivity contribution in [2.24, 2.45) is 10.1 Å². The Hall–Kier alpha value is -3.98. The Morgan fingerprint density at radius 1 is 1.16 bits per heavy atom. The number of nitrogens with zero attached hydrogens (tertiary/aromatic N) is 4. The SMILES string of the molecule is CCN=c1scc(-c2cccc3ccccc23)n1N=Cc1cc2c(cc1[N+](=O)[O-])OCO2. The second-order valence-corrected chi connectivity index (χ2v) is 7.82. The minimum Gasteiger partial charge on any atom is -0.454 e. The summed E-state index contributed by atoms with van der Waals surface area (Å²) >= 11 is 1.47. The second-order valence-electron chi connectivity index (χ2n) is 6.98. The molecular weight excluding hydrogens is 428 g/mol. The fourth-order valence-electron chi connectivity index (χ4n) is 3.62. The predicted octanol–water partition coefficient (Wildman–Crippen LogP) is 4.81. The average molecular weight is 446 g/mol. The summed E-state index contributed by atoms with van der Waals surface area (Å²) in [5.74, 6) is 0.815. The quantitative estimate of drug-likeness (QED) is 0.250. The maximum absolute atomic E-state index is 11.6. The van der Waals surface area contributed by atoms with Gasteiger partial charge in [0.05, 0.1) is 28.5 Å². The molecule has 9 heteroatoms. The highest BCUT2D eigenvalue weighted by Gasteiger charge is 2.22. The molecule has 2 heterocycles. The lowest BCUT2D eigenvalue weighted by Crippen LogP contribution is -2.12. The smallest absolute Gasteiger partial charge is 0.282 e. The topological polar surface area (TPSA) is 91.2 Å². The highest BCUT2D eigenvalue weighted by Crippen LogP contribution is 2.37. The first kappa shape index (κ1) is 20.0. The molecule has 0 aliphatic carbocycles. The number of hydrogen-bond acceptors (Lipinski definition) is 7. The van der Waals surface area contributed by atoms with Crippen LogP contribution in [0.25, 0.3) is 22.0 Å². The van der Waals surface area contributed by atoms with Crippen LogP contribution in [0.15, 0.2) is 70.1 Å². The highest BCUT2D eigenvalue weighted by molar-refractivity contribution is 7.07. The molecule has 3 aromatic carbocycles. The van der Waals surface area contributed by atoms with E-state index in [4.69, 9.17) is 9.47 Å². The van der Waals surface area contributed by atoms with Gasteiger partial charge in [-0.15, -0.1) is 11.3 Å². The van der Waals surface area contributed by atoms with Crippen molar-refractivity contribution in [2.45, 2.75) is 6.92 Å². The van der Waals surface area contributed by atoms with E-state index in [1.807, 2.05) is 36.6 Å². The Labute approximate surface area is 186 Å². The minimum atomic E-state index is -0.454. The van der Waals surface area contributed by atoms with Gasteiger partial charge in [0.1, 0.15) is 0 Å². The van der Waals surface area contributed by atoms with Crippen LogP contribution in [0.4, 0.5) is 5.69 Å². The predicted molar refractivity (Wildman–Crippen MR) is 124 cm³/mol. The van der Waals surface area contributed by atoms with Crippen molar-refractivity contribution in [1.82, 2.24) is 4.68 Å². The number of nitro benzene ring substituents is 1. The number of nitro groups is 1. The largest absolute Gasteiger partial charge is 0.454 e. The Kier molecular flexibility index (Phi) is 5.16. The summed E-state index contributed by atoms with van der Waals surface area (Å²) in [6.07, 6.45) is 1.47. The van der Waals surface area contributed by atoms with Gasteiger partial charge in [0.15, 0.2) is 11.5 Å². The molecular formula is C23H18N4O4S. The zero-order chi connectivity index (χ0) is 22.1. The van der Waals surface area contributed by atoms with Gasteiger partial charge in [-0.1, -0.05) is 42.5 Å². The van der Waals surface area contributed by atoms with Gasteiger partial charge >= 0.3 is 0 Å². The summed E-state index contributed by atoms with van der Waals surface area (Å²) in [6, 6.07) is 17.2. The van der Waals surface area contributed by atoms with Crippen molar-refractivity contribution in [2.75, 3.05) is 13.3 Å². The molecule has 160 valence electrons. The van der Waals surface area contributed by atoms with Gasteiger partial charge in [-0.25, -0.2) is 4.68 Å². The summed E-state index contributed by atoms with van der Waals surface area (Å²) in [6.45, 7) is 2.58. The molecule has 0 fully saturated rings. The fourth-order valence-corrected chi connectivity index (χ4v) is 4.51. The Morgan fingerprint density at radius 3 is 2.75 bits per heavy atom. The molecule has 0 unspecified atom stereocenters. The van der Waals surface area contributed by atoms with Crippen LogP contribution >= 0.6 is 11.3 Å². The molecule has 1 aromatic heterocycles. The number of hydrogen-bond donors (Lipinski definition) is 0. The van der Waals surface area contributed by atoms with E-state index in [9.17, 15) is 10.1 Å². The van der Waals surface area contributed by atoms with Crippen LogP contribution in [-0.4, -0.2) is 29.2 Å². The molecule has 0 saturated carbocycles. The third kappa shape index (κ3) is 3.52. The molecule has 0 spiro atoms. The van der Waals surface area contributed by atoms with Crippen molar-refractivity contribution in [3.8, 4) is 22.8 Å². The van der Waals surface area contributed by atoms with E-state index in [2.05, 4.69) is 28.3 Å². The van der Waals surface area contributed by atoms with Gasteiger partial charge in [-0.2, -0.15) is 5.10 Å². The first-order chi connectivity index (χ1) is 15.7. The molecule has 0 radical (unpaired) electrons. The standard InChI is InChI=1S/C23H18N4O4S/c1-2-24-23-26(20(13-32-23)18-9-5-7-15-6-3-4-8-17(15)18)25-12-16-10-21-22(31-14-30-21)11-19(16)27(28)29/h3-13H,2,14H2,1H3. The lowest BCUT2D eigenvalue weighted by atomic mass is 10.0. The number of aromatic nitrogens is 1. The van der Waals surface area contributed by atoms with Crippen molar-refractivity contribution >= 4 is 34.0 Å². The molecule has 5 rings (SSSR count). The number of benzene rings is 3. The Balaban J connectivity index is 1.67. The van der Waals surface area contributed by atoms with E-state index in [1.165, 1.54) is 23.6 Å². The van der Waals surface area contributed by atoms with E-state index in [0.29, 0.717) is 28.4 Å². The zero-order valence-corrected chi connectivity index (χ0v) is 17.9. The van der Waals surface area contributed by atoms with Crippen LogP contribution in [0.3, 0.4) is 0 Å². The molecule has 0 N–H and O–H groups in total. The van der Waals surface area contributed by atoms with Gasteiger partial charge in [-0.3, -0.25) is 15.1 Å². The summed E-state index contributed by atoms with van der Waals surface area (Å²) in [4.78, 5) is 16.4. The summed E-state index contributed by atoms with van der Waals surface area (Å²) in [5.41, 5.74) is 2.09. The molecule has 0 atom stereocenters. The van der Waals surface area contributed by atoms with Gasteiger partial charge < -0.3 is 9.47 Å². The third-order valence-electron chi connectivity index (χ3n) is 5.08. The van der Waals surface area contributed by atoms with Gasteiger partial charge in [-0.05, 0) is 23.8 Å². The minimum absolute atomic E-state index is 0.0388. The van der Waals surface area contributed by atoms with Crippen molar-refractivity contribution in [3.05, 3.63) is 80.5 Å². The van der Waals surface area contributed by atoms with Crippen LogP contribution in [-0.2, 0) is 0 Å². The van der Waals surface area contributed by atoms with E-state index in [1.54, 1.807) is 10.7 Å². The van der Waals surface area contributed by atoms with Crippen molar-refractivity contribution < 1.29 is 14.4 Å². The lowest BCUT2D eigenvalue weighted by molar-refractivity contribution is -0.385. The third-order valence-corrected chi connectivity index (χ3v) is 5.93. The van der Waals surface area contributed by atoms with E-state index < -0.39 is 4.92 Å². The first-order valence-corrected chi connectivity index (χ1v) is 10.8. The molecule has 0 saturated heterocycles. The first-order valence-electron chi connectivity index (χ1n) is 9.97. The van der Waals surface area contributed by atoms with Gasteiger partial charge in [0.2, 0.25) is 11.6 Å². The van der Waals surface area contributed by atoms with Gasteiger partial charge in [0.25, 0.3) is 5.69 Å². The second kappa shape index (κ2) is 8.27. The Morgan fingerprint density at radius 2 is 1.94 bits per heavy atom.